The molecule has 0 aromatic heterocycles. The van der Waals surface area contributed by atoms with Crippen molar-refractivity contribution in [3.05, 3.63) is 74.9 Å². The molecule has 1 aliphatic rings. The van der Waals surface area contributed by atoms with Crippen LogP contribution in [0.4, 0.5) is 0 Å². The lowest BCUT2D eigenvalue weighted by Crippen LogP contribution is -2.49. The van der Waals surface area contributed by atoms with Gasteiger partial charge in [-0.05, 0) is 97.3 Å². The second-order valence-corrected chi connectivity index (χ2v) is 11.7. The van der Waals surface area contributed by atoms with Crippen molar-refractivity contribution in [3.63, 3.8) is 0 Å². The number of aryl methyl sites for hydroxylation is 1. The molecule has 7 heteroatoms. The fraction of sp³-hybridized carbons (Fsp3) is 0.400. The van der Waals surface area contributed by atoms with E-state index in [1.165, 1.54) is 24.1 Å². The highest BCUT2D eigenvalue weighted by Crippen LogP contribution is 2.49. The van der Waals surface area contributed by atoms with Crippen LogP contribution in [0.25, 0.3) is 10.8 Å². The molecule has 2 aromatic carbocycles. The average molecular weight is 575 g/mol. The highest BCUT2D eigenvalue weighted by molar-refractivity contribution is 6.36. The Bertz CT molecular complexity index is 1550. The maximum Gasteiger partial charge on any atom is 0.207 e. The van der Waals surface area contributed by atoms with Crippen LogP contribution >= 0.6 is 0 Å². The number of benzene rings is 2. The average Bonchev–Trinajstić information content (AvgIpc) is 2.92. The van der Waals surface area contributed by atoms with Gasteiger partial charge in [-0.2, -0.15) is 0 Å². The number of aromatic hydroxyl groups is 3. The molecule has 7 nitrogen and oxygen atoms in total. The lowest BCUT2D eigenvalue weighted by Gasteiger charge is -2.32. The largest absolute Gasteiger partial charge is 0.507 e. The molecule has 0 heterocycles. The molecule has 0 radical (unpaired) electrons. The van der Waals surface area contributed by atoms with Gasteiger partial charge in [0.2, 0.25) is 11.6 Å². The van der Waals surface area contributed by atoms with Crippen LogP contribution < -0.4 is 0 Å². The standard InChI is InChI=1S/C35H42O7/c1-20(2)10-7-14-25(19-36)15-9-13-21(3)11-8-12-22(4)16-17-35(42)33(40)28-26(37)18-23(5)27-29(28)30(34(35)41)32(39)24(6)31(27)38/h10-11,15-16,18-19,37-39,42H,7-9,12-14,17H2,1-6H3/b21-11+,22-16+,25-15+. The number of allylic oxidation sites excluding steroid dienone is 7. The molecule has 4 N–H and O–H groups in total. The maximum atomic E-state index is 13.6. The van der Waals surface area contributed by atoms with E-state index < -0.39 is 28.7 Å². The predicted octanol–water partition coefficient (Wildman–Crippen LogP) is 7.40. The lowest BCUT2D eigenvalue weighted by molar-refractivity contribution is -0.105. The quantitative estimate of drug-likeness (QED) is 0.0899. The third kappa shape index (κ3) is 6.57. The summed E-state index contributed by atoms with van der Waals surface area (Å²) in [6.07, 6.45) is 13.0. The van der Waals surface area contributed by atoms with Crippen molar-refractivity contribution >= 4 is 28.6 Å². The minimum Gasteiger partial charge on any atom is -0.507 e. The Hall–Kier alpha value is -3.97. The number of aldehydes is 1. The number of hydrogen-bond donors (Lipinski definition) is 4. The molecular weight excluding hydrogens is 532 g/mol. The van der Waals surface area contributed by atoms with Gasteiger partial charge in [0.1, 0.15) is 23.5 Å². The second kappa shape index (κ2) is 13.3. The maximum absolute atomic E-state index is 13.6. The summed E-state index contributed by atoms with van der Waals surface area (Å²) in [5.74, 6) is -3.15. The Kier molecular flexibility index (Phi) is 10.3. The summed E-state index contributed by atoms with van der Waals surface area (Å²) in [5.41, 5.74) is 1.52. The van der Waals surface area contributed by atoms with Gasteiger partial charge in [-0.25, -0.2) is 0 Å². The van der Waals surface area contributed by atoms with Crippen LogP contribution in [0, 0.1) is 13.8 Å². The molecule has 3 rings (SSSR count). The zero-order chi connectivity index (χ0) is 31.4. The Morgan fingerprint density at radius 3 is 1.95 bits per heavy atom. The molecule has 0 saturated heterocycles. The van der Waals surface area contributed by atoms with Gasteiger partial charge >= 0.3 is 0 Å². The van der Waals surface area contributed by atoms with E-state index >= 15 is 0 Å². The number of phenolic OH excluding ortho intramolecular Hbond substituents is 3. The molecule has 0 saturated carbocycles. The molecule has 224 valence electrons. The Balaban J connectivity index is 1.72. The summed E-state index contributed by atoms with van der Waals surface area (Å²) in [5, 5.41) is 43.6. The Labute approximate surface area is 247 Å². The first-order chi connectivity index (χ1) is 19.7. The summed E-state index contributed by atoms with van der Waals surface area (Å²) >= 11 is 0. The van der Waals surface area contributed by atoms with Crippen LogP contribution in [0.3, 0.4) is 0 Å². The van der Waals surface area contributed by atoms with Crippen molar-refractivity contribution in [3.8, 4) is 17.2 Å². The van der Waals surface area contributed by atoms with E-state index in [4.69, 9.17) is 0 Å². The fourth-order valence-corrected chi connectivity index (χ4v) is 5.41. The van der Waals surface area contributed by atoms with Gasteiger partial charge in [0.25, 0.3) is 0 Å². The second-order valence-electron chi connectivity index (χ2n) is 11.7. The molecule has 0 bridgehead atoms. The van der Waals surface area contributed by atoms with Gasteiger partial charge < -0.3 is 20.4 Å². The molecule has 1 aliphatic carbocycles. The van der Waals surface area contributed by atoms with Gasteiger partial charge in [0, 0.05) is 22.8 Å². The molecule has 42 heavy (non-hydrogen) atoms. The number of rotatable bonds is 12. The first-order valence-electron chi connectivity index (χ1n) is 14.4. The number of ketones is 2. The third-order valence-electron chi connectivity index (χ3n) is 8.00. The normalized spacial score (nSPS) is 17.6. The van der Waals surface area contributed by atoms with E-state index in [9.17, 15) is 34.8 Å². The number of carbonyl (C=O) groups excluding carboxylic acids is 3. The van der Waals surface area contributed by atoms with Gasteiger partial charge in [-0.1, -0.05) is 41.0 Å². The third-order valence-corrected chi connectivity index (χ3v) is 8.00. The van der Waals surface area contributed by atoms with Crippen LogP contribution in [0.1, 0.15) is 104 Å². The highest BCUT2D eigenvalue weighted by Gasteiger charge is 2.51. The van der Waals surface area contributed by atoms with Crippen molar-refractivity contribution < 1.29 is 34.8 Å². The lowest BCUT2D eigenvalue weighted by atomic mass is 9.73. The van der Waals surface area contributed by atoms with E-state index in [1.54, 1.807) is 13.0 Å². The first-order valence-corrected chi connectivity index (χ1v) is 14.4. The predicted molar refractivity (Wildman–Crippen MR) is 165 cm³/mol. The van der Waals surface area contributed by atoms with Crippen LogP contribution in [-0.2, 0) is 4.79 Å². The van der Waals surface area contributed by atoms with Crippen molar-refractivity contribution in [2.75, 3.05) is 0 Å². The number of aliphatic hydroxyl groups is 1. The Morgan fingerprint density at radius 1 is 0.762 bits per heavy atom. The molecule has 1 atom stereocenters. The number of hydrogen-bond acceptors (Lipinski definition) is 7. The van der Waals surface area contributed by atoms with Gasteiger partial charge in [0.15, 0.2) is 5.60 Å². The van der Waals surface area contributed by atoms with E-state index in [0.29, 0.717) is 12.0 Å². The summed E-state index contributed by atoms with van der Waals surface area (Å²) < 4.78 is 0. The monoisotopic (exact) mass is 574 g/mol. The first kappa shape index (κ1) is 32.5. The zero-order valence-electron chi connectivity index (χ0n) is 25.4. The van der Waals surface area contributed by atoms with Gasteiger partial charge in [0.05, 0.1) is 11.1 Å². The van der Waals surface area contributed by atoms with Crippen LogP contribution in [0.15, 0.2) is 52.7 Å². The van der Waals surface area contributed by atoms with Crippen molar-refractivity contribution in [2.24, 2.45) is 0 Å². The molecule has 0 fully saturated rings. The highest BCUT2D eigenvalue weighted by atomic mass is 16.3. The molecule has 1 unspecified atom stereocenters. The smallest absolute Gasteiger partial charge is 0.207 e. The summed E-state index contributed by atoms with van der Waals surface area (Å²) in [7, 11) is 0. The van der Waals surface area contributed by atoms with Crippen molar-refractivity contribution in [2.45, 2.75) is 92.1 Å². The van der Waals surface area contributed by atoms with E-state index in [-0.39, 0.29) is 39.6 Å². The van der Waals surface area contributed by atoms with Crippen LogP contribution in [0.5, 0.6) is 17.2 Å². The van der Waals surface area contributed by atoms with Crippen LogP contribution in [-0.4, -0.2) is 43.9 Å². The minimum absolute atomic E-state index is 0.0444. The Morgan fingerprint density at radius 2 is 1.33 bits per heavy atom. The SMILES string of the molecule is CC(C)=CCC/C(C=O)=C\CC/C(C)=C/CC/C(C)=C/CC1(O)C(=O)c2c(O)cc(C)c3c(O)c(C)c(O)c(c23)C1=O. The minimum atomic E-state index is -2.51. The number of carbonyl (C=O) groups is 3. The zero-order valence-corrected chi connectivity index (χ0v) is 25.4. The molecule has 0 spiro atoms. The van der Waals surface area contributed by atoms with E-state index in [2.05, 4.69) is 12.2 Å². The molecule has 2 aromatic rings. The summed E-state index contributed by atoms with van der Waals surface area (Å²) in [6.45, 7) is 11.0. The van der Waals surface area contributed by atoms with Gasteiger partial charge in [-0.15, -0.1) is 0 Å². The molecule has 0 aliphatic heterocycles. The molecule has 0 amide bonds. The van der Waals surface area contributed by atoms with E-state index in [0.717, 1.165) is 49.5 Å². The summed E-state index contributed by atoms with van der Waals surface area (Å²) in [6, 6.07) is 1.31. The number of Topliss-reactive ketones (excluding diaryl/α,β-unsaturated/α-hetero) is 2. The molecular formula is C35H42O7. The van der Waals surface area contributed by atoms with E-state index in [1.807, 2.05) is 33.8 Å². The van der Waals surface area contributed by atoms with Crippen molar-refractivity contribution in [1.82, 2.24) is 0 Å². The topological polar surface area (TPSA) is 132 Å². The summed E-state index contributed by atoms with van der Waals surface area (Å²) in [4.78, 5) is 38.4. The number of phenols is 3. The van der Waals surface area contributed by atoms with Crippen molar-refractivity contribution in [1.29, 1.82) is 0 Å². The van der Waals surface area contributed by atoms with Crippen LogP contribution in [0.2, 0.25) is 0 Å². The fourth-order valence-electron chi connectivity index (χ4n) is 5.41. The van der Waals surface area contributed by atoms with Gasteiger partial charge in [-0.3, -0.25) is 14.4 Å².